The van der Waals surface area contributed by atoms with Crippen LogP contribution in [0.3, 0.4) is 0 Å². The van der Waals surface area contributed by atoms with E-state index in [2.05, 4.69) is 0 Å². The SMILES string of the molecule is O.O=C(O)c1cc(=O)[nH]c(=O)[nH]1. The number of rotatable bonds is 1. The lowest BCUT2D eigenvalue weighted by atomic mass is 10.4. The Morgan fingerprint density at radius 1 is 1.33 bits per heavy atom. The number of carboxylic acids is 1. The maximum atomic E-state index is 10.5. The molecular formula is C5H6N2O5. The second kappa shape index (κ2) is 3.49. The van der Waals surface area contributed by atoms with Gasteiger partial charge >= 0.3 is 11.7 Å². The average Bonchev–Trinajstić information content (AvgIpc) is 1.85. The van der Waals surface area contributed by atoms with Crippen LogP contribution in [-0.4, -0.2) is 26.5 Å². The monoisotopic (exact) mass is 174 g/mol. The van der Waals surface area contributed by atoms with Crippen LogP contribution in [0.4, 0.5) is 0 Å². The fourth-order valence-corrected chi connectivity index (χ4v) is 0.584. The zero-order valence-corrected chi connectivity index (χ0v) is 5.75. The first-order valence-electron chi connectivity index (χ1n) is 2.66. The summed E-state index contributed by atoms with van der Waals surface area (Å²) in [5.74, 6) is -1.34. The minimum Gasteiger partial charge on any atom is -0.477 e. The first-order valence-corrected chi connectivity index (χ1v) is 2.66. The van der Waals surface area contributed by atoms with Gasteiger partial charge in [0.1, 0.15) is 5.69 Å². The molecule has 0 spiro atoms. The molecule has 0 unspecified atom stereocenters. The van der Waals surface area contributed by atoms with Gasteiger partial charge in [-0.05, 0) is 0 Å². The number of aromatic nitrogens is 2. The van der Waals surface area contributed by atoms with Crippen LogP contribution >= 0.6 is 0 Å². The maximum absolute atomic E-state index is 10.5. The quantitative estimate of drug-likeness (QED) is 0.450. The van der Waals surface area contributed by atoms with Crippen LogP contribution < -0.4 is 11.2 Å². The van der Waals surface area contributed by atoms with E-state index in [1.165, 1.54) is 0 Å². The number of nitrogens with one attached hydrogen (secondary N) is 2. The number of carbonyl (C=O) groups is 1. The third-order valence-electron chi connectivity index (χ3n) is 0.991. The Hall–Kier alpha value is -1.89. The molecule has 7 nitrogen and oxygen atoms in total. The zero-order valence-electron chi connectivity index (χ0n) is 5.75. The van der Waals surface area contributed by atoms with E-state index in [1.807, 2.05) is 9.97 Å². The van der Waals surface area contributed by atoms with Gasteiger partial charge in [-0.2, -0.15) is 0 Å². The predicted octanol–water partition coefficient (Wildman–Crippen LogP) is -2.06. The molecule has 7 heteroatoms. The van der Waals surface area contributed by atoms with E-state index in [0.29, 0.717) is 0 Å². The molecule has 0 bridgehead atoms. The molecule has 0 amide bonds. The molecule has 0 aliphatic heterocycles. The van der Waals surface area contributed by atoms with E-state index >= 15 is 0 Å². The number of hydrogen-bond acceptors (Lipinski definition) is 3. The van der Waals surface area contributed by atoms with Gasteiger partial charge in [-0.3, -0.25) is 9.78 Å². The summed E-state index contributed by atoms with van der Waals surface area (Å²) in [7, 11) is 0. The van der Waals surface area contributed by atoms with Gasteiger partial charge in [-0.25, -0.2) is 9.59 Å². The van der Waals surface area contributed by atoms with E-state index in [-0.39, 0.29) is 5.48 Å². The summed E-state index contributed by atoms with van der Waals surface area (Å²) in [5, 5.41) is 8.31. The topological polar surface area (TPSA) is 135 Å². The van der Waals surface area contributed by atoms with Crippen molar-refractivity contribution < 1.29 is 15.4 Å². The Kier molecular flexibility index (Phi) is 2.94. The molecule has 0 fully saturated rings. The van der Waals surface area contributed by atoms with E-state index in [1.54, 1.807) is 0 Å². The van der Waals surface area contributed by atoms with Crippen molar-refractivity contribution in [2.24, 2.45) is 0 Å². The number of aromatic amines is 2. The molecule has 1 heterocycles. The lowest BCUT2D eigenvalue weighted by molar-refractivity contribution is 0.0689. The average molecular weight is 174 g/mol. The molecule has 0 saturated heterocycles. The van der Waals surface area contributed by atoms with Crippen molar-refractivity contribution in [2.45, 2.75) is 0 Å². The number of carboxylic acid groups (broad SMARTS) is 1. The van der Waals surface area contributed by atoms with E-state index in [0.717, 1.165) is 6.07 Å². The molecule has 0 aromatic carbocycles. The minimum absolute atomic E-state index is 0. The number of aromatic carboxylic acids is 1. The van der Waals surface area contributed by atoms with Crippen molar-refractivity contribution in [3.8, 4) is 0 Å². The Morgan fingerprint density at radius 3 is 2.33 bits per heavy atom. The summed E-state index contributed by atoms with van der Waals surface area (Å²) in [6, 6.07) is 0.795. The molecule has 0 radical (unpaired) electrons. The van der Waals surface area contributed by atoms with Gasteiger partial charge in [0.05, 0.1) is 0 Å². The van der Waals surface area contributed by atoms with Crippen molar-refractivity contribution in [2.75, 3.05) is 0 Å². The van der Waals surface area contributed by atoms with E-state index in [9.17, 15) is 14.4 Å². The van der Waals surface area contributed by atoms with Gasteiger partial charge < -0.3 is 15.6 Å². The molecule has 0 saturated carbocycles. The zero-order chi connectivity index (χ0) is 8.43. The van der Waals surface area contributed by atoms with Crippen LogP contribution in [0.1, 0.15) is 10.5 Å². The molecule has 0 aliphatic carbocycles. The van der Waals surface area contributed by atoms with Crippen LogP contribution in [0.5, 0.6) is 0 Å². The minimum atomic E-state index is -1.34. The highest BCUT2D eigenvalue weighted by atomic mass is 16.4. The Balaban J connectivity index is 0.00000121. The summed E-state index contributed by atoms with van der Waals surface area (Å²) >= 11 is 0. The van der Waals surface area contributed by atoms with Crippen LogP contribution in [-0.2, 0) is 0 Å². The standard InChI is InChI=1S/C5H4N2O4.H2O/c8-3-1-2(4(9)10)6-5(11)7-3;/h1H,(H,9,10)(H2,6,7,8,11);1H2. The predicted molar refractivity (Wildman–Crippen MR) is 38.3 cm³/mol. The molecule has 66 valence electrons. The number of H-pyrrole nitrogens is 2. The first-order chi connectivity index (χ1) is 5.09. The summed E-state index contributed by atoms with van der Waals surface area (Å²) < 4.78 is 0. The largest absolute Gasteiger partial charge is 0.477 e. The van der Waals surface area contributed by atoms with Crippen molar-refractivity contribution in [1.29, 1.82) is 0 Å². The van der Waals surface area contributed by atoms with Gasteiger partial charge in [-0.1, -0.05) is 0 Å². The third-order valence-corrected chi connectivity index (χ3v) is 0.991. The van der Waals surface area contributed by atoms with Crippen molar-refractivity contribution in [3.63, 3.8) is 0 Å². The van der Waals surface area contributed by atoms with Crippen LogP contribution in [0.2, 0.25) is 0 Å². The van der Waals surface area contributed by atoms with Crippen LogP contribution in [0.15, 0.2) is 15.7 Å². The fraction of sp³-hybridized carbons (Fsp3) is 0. The normalized spacial score (nSPS) is 8.67. The lowest BCUT2D eigenvalue weighted by Crippen LogP contribution is -2.24. The third kappa shape index (κ3) is 2.06. The molecule has 0 atom stereocenters. The van der Waals surface area contributed by atoms with E-state index < -0.39 is 22.9 Å². The maximum Gasteiger partial charge on any atom is 0.352 e. The molecule has 0 aliphatic rings. The fourth-order valence-electron chi connectivity index (χ4n) is 0.584. The highest BCUT2D eigenvalue weighted by molar-refractivity contribution is 5.84. The lowest BCUT2D eigenvalue weighted by Gasteiger charge is -1.89. The molecule has 1 aromatic heterocycles. The molecular weight excluding hydrogens is 168 g/mol. The smallest absolute Gasteiger partial charge is 0.352 e. The highest BCUT2D eigenvalue weighted by Crippen LogP contribution is 1.81. The highest BCUT2D eigenvalue weighted by Gasteiger charge is 2.03. The van der Waals surface area contributed by atoms with Gasteiger partial charge in [0, 0.05) is 6.07 Å². The molecule has 1 rings (SSSR count). The van der Waals surface area contributed by atoms with Crippen LogP contribution in [0, 0.1) is 0 Å². The first kappa shape index (κ1) is 10.1. The summed E-state index contributed by atoms with van der Waals surface area (Å²) in [4.78, 5) is 34.9. The molecule has 12 heavy (non-hydrogen) atoms. The van der Waals surface area contributed by atoms with Crippen molar-refractivity contribution in [3.05, 3.63) is 32.6 Å². The second-order valence-corrected chi connectivity index (χ2v) is 1.81. The van der Waals surface area contributed by atoms with Crippen molar-refractivity contribution >= 4 is 5.97 Å². The Bertz CT molecular complexity index is 361. The summed E-state index contributed by atoms with van der Waals surface area (Å²) in [5.41, 5.74) is -1.97. The summed E-state index contributed by atoms with van der Waals surface area (Å²) in [6.45, 7) is 0. The van der Waals surface area contributed by atoms with E-state index in [4.69, 9.17) is 5.11 Å². The number of hydrogen-bond donors (Lipinski definition) is 3. The Labute approximate surface area is 65.0 Å². The van der Waals surface area contributed by atoms with Crippen molar-refractivity contribution in [1.82, 2.24) is 9.97 Å². The van der Waals surface area contributed by atoms with Crippen LogP contribution in [0.25, 0.3) is 0 Å². The summed E-state index contributed by atoms with van der Waals surface area (Å²) in [6.07, 6.45) is 0. The van der Waals surface area contributed by atoms with Gasteiger partial charge in [0.2, 0.25) is 0 Å². The van der Waals surface area contributed by atoms with Gasteiger partial charge in [0.15, 0.2) is 0 Å². The van der Waals surface area contributed by atoms with Gasteiger partial charge in [-0.15, -0.1) is 0 Å². The molecule has 1 aromatic rings. The van der Waals surface area contributed by atoms with Gasteiger partial charge in [0.25, 0.3) is 5.56 Å². The second-order valence-electron chi connectivity index (χ2n) is 1.81. The molecule has 5 N–H and O–H groups in total. The Morgan fingerprint density at radius 2 is 1.92 bits per heavy atom.